The molecule has 0 saturated heterocycles. The molecule has 2 aliphatic heterocycles. The third kappa shape index (κ3) is 9.08. The lowest BCUT2D eigenvalue weighted by Gasteiger charge is -2.31. The molecule has 4 nitrogen and oxygen atoms in total. The van der Waals surface area contributed by atoms with E-state index >= 15 is 0 Å². The number of benzene rings is 6. The standard InChI is InChI=1S/C49H44O4P2S6/c1-52-44(50)42-46(60-48(58-42)54(36-22-9-3-10-23-36,37-24-11-4-12-25-37)38-26-13-5-14-27-38)56-34-21-35-57-47-43(45(51)53-2)59-49(61-47)55(39-28-15-6-16-29-39,40-30-17-7-18-31-40)41-32-19-8-20-33-41/h3-20,22-33,48-49H,21,34-35H2,1-2H3/q+2. The molecule has 8 rings (SSSR count). The summed E-state index contributed by atoms with van der Waals surface area (Å²) in [5.41, 5.74) is 0. The van der Waals surface area contributed by atoms with Crippen LogP contribution in [0.4, 0.5) is 0 Å². The van der Waals surface area contributed by atoms with E-state index in [1.165, 1.54) is 46.0 Å². The van der Waals surface area contributed by atoms with E-state index in [9.17, 15) is 9.59 Å². The van der Waals surface area contributed by atoms with Gasteiger partial charge in [-0.3, -0.25) is 0 Å². The molecule has 6 aromatic carbocycles. The summed E-state index contributed by atoms with van der Waals surface area (Å²) in [6, 6.07) is 64.9. The van der Waals surface area contributed by atoms with Crippen LogP contribution in [-0.2, 0) is 19.1 Å². The molecule has 0 aliphatic carbocycles. The molecule has 0 spiro atoms. The first-order valence-corrected chi connectivity index (χ1v) is 28.9. The van der Waals surface area contributed by atoms with Gasteiger partial charge in [0.05, 0.1) is 22.7 Å². The average molecular weight is 951 g/mol. The van der Waals surface area contributed by atoms with E-state index in [4.69, 9.17) is 9.47 Å². The zero-order valence-electron chi connectivity index (χ0n) is 33.6. The minimum atomic E-state index is -2.28. The zero-order valence-corrected chi connectivity index (χ0v) is 40.3. The van der Waals surface area contributed by atoms with Gasteiger partial charge in [0.15, 0.2) is 8.65 Å². The molecule has 2 heterocycles. The van der Waals surface area contributed by atoms with Crippen LogP contribution in [-0.4, -0.2) is 46.3 Å². The summed E-state index contributed by atoms with van der Waals surface area (Å²) >= 11 is 10.4. The van der Waals surface area contributed by atoms with Crippen molar-refractivity contribution < 1.29 is 19.1 Å². The quantitative estimate of drug-likeness (QED) is 0.0533. The summed E-state index contributed by atoms with van der Waals surface area (Å²) in [4.78, 5) is 28.5. The van der Waals surface area contributed by atoms with Gasteiger partial charge >= 0.3 is 11.9 Å². The summed E-state index contributed by atoms with van der Waals surface area (Å²) in [7, 11) is -1.62. The van der Waals surface area contributed by atoms with Crippen LogP contribution in [0.1, 0.15) is 6.42 Å². The fraction of sp³-hybridized carbons (Fsp3) is 0.143. The molecule has 0 fully saturated rings. The summed E-state index contributed by atoms with van der Waals surface area (Å²) in [6.45, 7) is 0. The maximum absolute atomic E-state index is 13.5. The topological polar surface area (TPSA) is 52.6 Å². The van der Waals surface area contributed by atoms with E-state index in [0.29, 0.717) is 9.81 Å². The van der Waals surface area contributed by atoms with E-state index < -0.39 is 14.5 Å². The summed E-state index contributed by atoms with van der Waals surface area (Å²) in [5, 5.41) is 7.68. The monoisotopic (exact) mass is 950 g/mol. The second kappa shape index (κ2) is 20.9. The Balaban J connectivity index is 1.04. The van der Waals surface area contributed by atoms with Crippen LogP contribution in [0.25, 0.3) is 0 Å². The van der Waals surface area contributed by atoms with Crippen molar-refractivity contribution in [3.05, 3.63) is 200 Å². The van der Waals surface area contributed by atoms with Crippen molar-refractivity contribution in [3.8, 4) is 0 Å². The number of hydrogen-bond acceptors (Lipinski definition) is 10. The van der Waals surface area contributed by atoms with Gasteiger partial charge < -0.3 is 9.47 Å². The molecular weight excluding hydrogens is 907 g/mol. The number of rotatable bonds is 16. The molecule has 0 N–H and O–H groups in total. The molecule has 6 aromatic rings. The molecule has 61 heavy (non-hydrogen) atoms. The van der Waals surface area contributed by atoms with E-state index in [1.54, 1.807) is 47.0 Å². The largest absolute Gasteiger partial charge is 0.465 e. The highest BCUT2D eigenvalue weighted by molar-refractivity contribution is 8.40. The number of hydrogen-bond donors (Lipinski definition) is 0. The molecule has 0 saturated carbocycles. The lowest BCUT2D eigenvalue weighted by atomic mass is 10.4. The van der Waals surface area contributed by atoms with Gasteiger partial charge in [-0.15, -0.1) is 23.5 Å². The Labute approximate surface area is 386 Å². The van der Waals surface area contributed by atoms with Gasteiger partial charge in [0.2, 0.25) is 0 Å². The normalized spacial score (nSPS) is 16.8. The van der Waals surface area contributed by atoms with Gasteiger partial charge in [-0.25, -0.2) is 9.59 Å². The average Bonchev–Trinajstić information content (AvgIpc) is 3.96. The predicted molar refractivity (Wildman–Crippen MR) is 276 cm³/mol. The molecule has 308 valence electrons. The fourth-order valence-electron chi connectivity index (χ4n) is 7.59. The molecule has 2 unspecified atom stereocenters. The van der Waals surface area contributed by atoms with Crippen molar-refractivity contribution in [2.75, 3.05) is 25.7 Å². The molecule has 12 heteroatoms. The highest BCUT2D eigenvalue weighted by Crippen LogP contribution is 2.74. The first-order chi connectivity index (χ1) is 30.0. The predicted octanol–water partition coefficient (Wildman–Crippen LogP) is 11.0. The van der Waals surface area contributed by atoms with E-state index in [0.717, 1.165) is 26.4 Å². The Hall–Kier alpha value is -3.30. The van der Waals surface area contributed by atoms with Crippen LogP contribution < -0.4 is 31.8 Å². The minimum absolute atomic E-state index is 0.0322. The third-order valence-electron chi connectivity index (χ3n) is 10.3. The van der Waals surface area contributed by atoms with Gasteiger partial charge in [-0.05, 0) is 90.7 Å². The Bertz CT molecular complexity index is 2110. The van der Waals surface area contributed by atoms with Crippen LogP contribution in [0.3, 0.4) is 0 Å². The molecule has 0 radical (unpaired) electrons. The van der Waals surface area contributed by atoms with Gasteiger partial charge in [0.25, 0.3) is 0 Å². The smallest absolute Gasteiger partial charge is 0.346 e. The van der Waals surface area contributed by atoms with Crippen LogP contribution in [0, 0.1) is 0 Å². The second-order valence-electron chi connectivity index (χ2n) is 13.8. The maximum atomic E-state index is 13.5. The highest BCUT2D eigenvalue weighted by Gasteiger charge is 2.58. The summed E-state index contributed by atoms with van der Waals surface area (Å²) in [6.07, 6.45) is 0.879. The molecule has 0 bridgehead atoms. The number of methoxy groups -OCH3 is 2. The first-order valence-electron chi connectivity index (χ1n) is 19.7. The lowest BCUT2D eigenvalue weighted by Crippen LogP contribution is -2.36. The minimum Gasteiger partial charge on any atom is -0.465 e. The third-order valence-corrected chi connectivity index (χ3v) is 31.1. The summed E-state index contributed by atoms with van der Waals surface area (Å²) < 4.78 is 13.0. The fourth-order valence-corrected chi connectivity index (χ4v) is 31.3. The second-order valence-corrected chi connectivity index (χ2v) is 30.0. The molecule has 2 atom stereocenters. The van der Waals surface area contributed by atoms with Crippen molar-refractivity contribution in [3.63, 3.8) is 0 Å². The molecule has 0 aromatic heterocycles. The Morgan fingerprint density at radius 1 is 0.426 bits per heavy atom. The van der Waals surface area contributed by atoms with Crippen LogP contribution >= 0.6 is 85.1 Å². The van der Waals surface area contributed by atoms with E-state index in [2.05, 4.69) is 182 Å². The maximum Gasteiger partial charge on any atom is 0.346 e. The van der Waals surface area contributed by atoms with Crippen LogP contribution in [0.5, 0.6) is 0 Å². The van der Waals surface area contributed by atoms with Gasteiger partial charge in [-0.1, -0.05) is 156 Å². The van der Waals surface area contributed by atoms with Gasteiger partial charge in [0, 0.05) is 0 Å². The summed E-state index contributed by atoms with van der Waals surface area (Å²) in [5.74, 6) is 1.05. The van der Waals surface area contributed by atoms with Crippen molar-refractivity contribution in [1.29, 1.82) is 0 Å². The highest BCUT2D eigenvalue weighted by atomic mass is 32.2. The lowest BCUT2D eigenvalue weighted by molar-refractivity contribution is -0.136. The number of carbonyl (C=O) groups excluding carboxylic acids is 2. The van der Waals surface area contributed by atoms with E-state index in [-0.39, 0.29) is 20.6 Å². The molecule has 0 amide bonds. The van der Waals surface area contributed by atoms with Crippen molar-refractivity contribution in [1.82, 2.24) is 0 Å². The zero-order chi connectivity index (χ0) is 42.1. The van der Waals surface area contributed by atoms with Crippen molar-refractivity contribution in [2.45, 2.75) is 15.1 Å². The number of thioether (sulfide) groups is 6. The Morgan fingerprint density at radius 2 is 0.672 bits per heavy atom. The van der Waals surface area contributed by atoms with Gasteiger partial charge in [0.1, 0.15) is 56.2 Å². The number of esters is 2. The van der Waals surface area contributed by atoms with Crippen LogP contribution in [0.15, 0.2) is 200 Å². The molecule has 2 aliphatic rings. The van der Waals surface area contributed by atoms with E-state index in [1.807, 2.05) is 23.5 Å². The van der Waals surface area contributed by atoms with Crippen LogP contribution in [0.2, 0.25) is 0 Å². The van der Waals surface area contributed by atoms with Crippen molar-refractivity contribution in [2.24, 2.45) is 0 Å². The number of ether oxygens (including phenoxy) is 2. The van der Waals surface area contributed by atoms with Crippen molar-refractivity contribution >= 4 is 129 Å². The Kier molecular flexibility index (Phi) is 15.2. The SMILES string of the molecule is COC(=O)C1=C(SCCCSC2=C(C(=O)OC)SC([P+](c3ccccc3)(c3ccccc3)c3ccccc3)S2)SC([P+](c2ccccc2)(c2ccccc2)c2ccccc2)S1. The Morgan fingerprint density at radius 3 is 0.902 bits per heavy atom. The molecular formula is C49H44O4P2S6+2. The first kappa shape index (κ1) is 44.3. The van der Waals surface area contributed by atoms with Gasteiger partial charge in [-0.2, -0.15) is 0 Å². The number of carbonyl (C=O) groups is 2.